The van der Waals surface area contributed by atoms with Crippen LogP contribution >= 0.6 is 0 Å². The Kier molecular flexibility index (Phi) is 5.46. The molecule has 1 saturated heterocycles. The number of carbonyl (C=O) groups excluding carboxylic acids is 2. The fraction of sp³-hybridized carbons (Fsp3) is 0.368. The Morgan fingerprint density at radius 1 is 1.12 bits per heavy atom. The minimum atomic E-state index is -0.148. The first-order chi connectivity index (χ1) is 12.6. The molecule has 3 rings (SSSR count). The van der Waals surface area contributed by atoms with Crippen LogP contribution in [0.3, 0.4) is 0 Å². The molecule has 0 spiro atoms. The number of hydrogen-bond acceptors (Lipinski definition) is 5. The lowest BCUT2D eigenvalue weighted by molar-refractivity contribution is -0.131. The molecule has 136 valence electrons. The van der Waals surface area contributed by atoms with Gasteiger partial charge in [0.05, 0.1) is 19.7 Å². The first kappa shape index (κ1) is 17.8. The van der Waals surface area contributed by atoms with E-state index in [1.807, 2.05) is 25.1 Å². The van der Waals surface area contributed by atoms with Crippen LogP contribution in [0.4, 0.5) is 0 Å². The smallest absolute Gasteiger partial charge is 0.274 e. The zero-order chi connectivity index (χ0) is 18.5. The quantitative estimate of drug-likeness (QED) is 0.828. The number of aryl methyl sites for hydroxylation is 1. The van der Waals surface area contributed by atoms with Crippen molar-refractivity contribution in [1.29, 1.82) is 0 Å². The van der Waals surface area contributed by atoms with Crippen molar-refractivity contribution in [2.24, 2.45) is 0 Å². The highest BCUT2D eigenvalue weighted by atomic mass is 16.5. The van der Waals surface area contributed by atoms with Gasteiger partial charge in [0.15, 0.2) is 0 Å². The summed E-state index contributed by atoms with van der Waals surface area (Å²) in [5.74, 6) is 0.617. The molecule has 1 aliphatic heterocycles. The Morgan fingerprint density at radius 2 is 1.85 bits per heavy atom. The molecule has 0 bridgehead atoms. The lowest BCUT2D eigenvalue weighted by atomic mass is 10.1. The molecule has 7 heteroatoms. The van der Waals surface area contributed by atoms with E-state index in [1.165, 1.54) is 18.6 Å². The Labute approximate surface area is 152 Å². The van der Waals surface area contributed by atoms with Gasteiger partial charge in [-0.05, 0) is 13.0 Å². The second-order valence-electron chi connectivity index (χ2n) is 6.26. The van der Waals surface area contributed by atoms with E-state index < -0.39 is 0 Å². The molecular weight excluding hydrogens is 332 g/mol. The Bertz CT molecular complexity index is 787. The highest BCUT2D eigenvalue weighted by Crippen LogP contribution is 2.21. The molecule has 0 aliphatic carbocycles. The summed E-state index contributed by atoms with van der Waals surface area (Å²) in [5, 5.41) is 0. The molecule has 1 aromatic carbocycles. The summed E-state index contributed by atoms with van der Waals surface area (Å²) < 4.78 is 5.35. The van der Waals surface area contributed by atoms with Gasteiger partial charge in [-0.25, -0.2) is 4.98 Å². The summed E-state index contributed by atoms with van der Waals surface area (Å²) in [6.45, 7) is 4.00. The van der Waals surface area contributed by atoms with Crippen LogP contribution in [0.5, 0.6) is 5.75 Å². The molecule has 2 aromatic rings. The van der Waals surface area contributed by atoms with E-state index in [0.717, 1.165) is 16.9 Å². The minimum Gasteiger partial charge on any atom is -0.496 e. The number of aromatic nitrogens is 2. The highest BCUT2D eigenvalue weighted by Gasteiger charge is 2.26. The van der Waals surface area contributed by atoms with Crippen LogP contribution in [0.25, 0.3) is 0 Å². The molecular formula is C19H22N4O3. The van der Waals surface area contributed by atoms with Crippen molar-refractivity contribution in [2.45, 2.75) is 13.3 Å². The van der Waals surface area contributed by atoms with Crippen LogP contribution in [0.2, 0.25) is 0 Å². The van der Waals surface area contributed by atoms with Crippen LogP contribution in [0.15, 0.2) is 36.8 Å². The topological polar surface area (TPSA) is 75.6 Å². The number of benzene rings is 1. The number of rotatable bonds is 4. The monoisotopic (exact) mass is 354 g/mol. The SMILES string of the molecule is COc1ccc(C)cc1CC(=O)N1CCN(C(=O)c2cnccn2)CC1. The zero-order valence-electron chi connectivity index (χ0n) is 15.0. The van der Waals surface area contributed by atoms with Crippen LogP contribution in [0, 0.1) is 6.92 Å². The van der Waals surface area contributed by atoms with Gasteiger partial charge in [-0.15, -0.1) is 0 Å². The highest BCUT2D eigenvalue weighted by molar-refractivity contribution is 5.92. The maximum atomic E-state index is 12.6. The molecule has 2 amide bonds. The van der Waals surface area contributed by atoms with Gasteiger partial charge in [0.2, 0.25) is 5.91 Å². The number of methoxy groups -OCH3 is 1. The summed E-state index contributed by atoms with van der Waals surface area (Å²) >= 11 is 0. The number of ether oxygens (including phenoxy) is 1. The standard InChI is InChI=1S/C19H22N4O3/c1-14-3-4-17(26-2)15(11-14)12-18(24)22-7-9-23(10-8-22)19(25)16-13-20-5-6-21-16/h3-6,11,13H,7-10,12H2,1-2H3. The lowest BCUT2D eigenvalue weighted by Gasteiger charge is -2.34. The molecule has 1 aliphatic rings. The van der Waals surface area contributed by atoms with Crippen molar-refractivity contribution in [3.8, 4) is 5.75 Å². The van der Waals surface area contributed by atoms with Crippen molar-refractivity contribution in [3.05, 3.63) is 53.6 Å². The molecule has 0 radical (unpaired) electrons. The molecule has 7 nitrogen and oxygen atoms in total. The van der Waals surface area contributed by atoms with Gasteiger partial charge in [-0.3, -0.25) is 14.6 Å². The van der Waals surface area contributed by atoms with Crippen molar-refractivity contribution in [1.82, 2.24) is 19.8 Å². The predicted octanol–water partition coefficient (Wildman–Crippen LogP) is 1.32. The number of carbonyl (C=O) groups is 2. The number of hydrogen-bond donors (Lipinski definition) is 0. The normalized spacial score (nSPS) is 14.2. The third kappa shape index (κ3) is 3.99. The van der Waals surface area contributed by atoms with Gasteiger partial charge < -0.3 is 14.5 Å². The van der Waals surface area contributed by atoms with Gasteiger partial charge in [-0.1, -0.05) is 17.7 Å². The summed E-state index contributed by atoms with van der Waals surface area (Å²) in [4.78, 5) is 36.5. The molecule has 2 heterocycles. The Morgan fingerprint density at radius 3 is 2.50 bits per heavy atom. The van der Waals surface area contributed by atoms with Crippen molar-refractivity contribution in [3.63, 3.8) is 0 Å². The molecule has 26 heavy (non-hydrogen) atoms. The van der Waals surface area contributed by atoms with Crippen molar-refractivity contribution in [2.75, 3.05) is 33.3 Å². The van der Waals surface area contributed by atoms with Gasteiger partial charge in [0.25, 0.3) is 5.91 Å². The van der Waals surface area contributed by atoms with Crippen LogP contribution in [0.1, 0.15) is 21.6 Å². The predicted molar refractivity (Wildman–Crippen MR) is 96.0 cm³/mol. The fourth-order valence-electron chi connectivity index (χ4n) is 3.05. The Balaban J connectivity index is 1.59. The van der Waals surface area contributed by atoms with Crippen LogP contribution in [-0.2, 0) is 11.2 Å². The van der Waals surface area contributed by atoms with E-state index >= 15 is 0 Å². The number of piperazine rings is 1. The third-order valence-corrected chi connectivity index (χ3v) is 4.48. The molecule has 0 atom stereocenters. The molecule has 0 saturated carbocycles. The summed E-state index contributed by atoms with van der Waals surface area (Å²) in [6, 6.07) is 5.82. The maximum absolute atomic E-state index is 12.6. The summed E-state index contributed by atoms with van der Waals surface area (Å²) in [6.07, 6.45) is 4.79. The fourth-order valence-corrected chi connectivity index (χ4v) is 3.05. The van der Waals surface area contributed by atoms with Crippen molar-refractivity contribution >= 4 is 11.8 Å². The van der Waals surface area contributed by atoms with Gasteiger partial charge in [0.1, 0.15) is 11.4 Å². The van der Waals surface area contributed by atoms with Gasteiger partial charge in [0, 0.05) is 44.1 Å². The maximum Gasteiger partial charge on any atom is 0.274 e. The summed E-state index contributed by atoms with van der Waals surface area (Å²) in [5.41, 5.74) is 2.31. The first-order valence-corrected chi connectivity index (χ1v) is 8.55. The van der Waals surface area contributed by atoms with E-state index in [2.05, 4.69) is 9.97 Å². The zero-order valence-corrected chi connectivity index (χ0v) is 15.0. The molecule has 1 aromatic heterocycles. The van der Waals surface area contributed by atoms with Gasteiger partial charge in [-0.2, -0.15) is 0 Å². The first-order valence-electron chi connectivity index (χ1n) is 8.55. The minimum absolute atomic E-state index is 0.0421. The molecule has 0 N–H and O–H groups in total. The van der Waals surface area contributed by atoms with E-state index in [9.17, 15) is 9.59 Å². The second kappa shape index (κ2) is 7.95. The van der Waals surface area contributed by atoms with Crippen LogP contribution in [-0.4, -0.2) is 64.9 Å². The molecule has 0 unspecified atom stereocenters. The Hall–Kier alpha value is -2.96. The summed E-state index contributed by atoms with van der Waals surface area (Å²) in [7, 11) is 1.61. The van der Waals surface area contributed by atoms with Gasteiger partial charge >= 0.3 is 0 Å². The van der Waals surface area contributed by atoms with E-state index in [1.54, 1.807) is 16.9 Å². The average Bonchev–Trinajstić information content (AvgIpc) is 2.68. The third-order valence-electron chi connectivity index (χ3n) is 4.48. The lowest BCUT2D eigenvalue weighted by Crippen LogP contribution is -2.51. The van der Waals surface area contributed by atoms with E-state index in [0.29, 0.717) is 38.3 Å². The average molecular weight is 354 g/mol. The molecule has 1 fully saturated rings. The van der Waals surface area contributed by atoms with E-state index in [4.69, 9.17) is 4.74 Å². The largest absolute Gasteiger partial charge is 0.496 e. The number of nitrogens with zero attached hydrogens (tertiary/aromatic N) is 4. The van der Waals surface area contributed by atoms with Crippen LogP contribution < -0.4 is 4.74 Å². The second-order valence-corrected chi connectivity index (χ2v) is 6.26. The number of amides is 2. The van der Waals surface area contributed by atoms with E-state index in [-0.39, 0.29) is 11.8 Å². The van der Waals surface area contributed by atoms with Crippen molar-refractivity contribution < 1.29 is 14.3 Å².